The van der Waals surface area contributed by atoms with Crippen LogP contribution in [0.5, 0.6) is 5.75 Å². The molecule has 2 fully saturated rings. The highest BCUT2D eigenvalue weighted by molar-refractivity contribution is 6.38. The highest BCUT2D eigenvalue weighted by Crippen LogP contribution is 2.51. The number of carbonyl (C=O) groups is 4. The highest BCUT2D eigenvalue weighted by atomic mass is 16.6. The Labute approximate surface area is 216 Å². The molecule has 6 rings (SSSR count). The molecule has 0 unspecified atom stereocenters. The molecule has 3 aromatic carbocycles. The number of hydrogen-bond acceptors (Lipinski definition) is 8. The Kier molecular flexibility index (Phi) is 5.25. The van der Waals surface area contributed by atoms with E-state index < -0.39 is 57.4 Å². The van der Waals surface area contributed by atoms with Crippen LogP contribution in [0.1, 0.15) is 26.3 Å². The number of benzene rings is 3. The Bertz CT molecular complexity index is 1520. The maximum atomic E-state index is 14.0. The molecule has 0 bridgehead atoms. The number of nitro benzene ring substituents is 1. The minimum absolute atomic E-state index is 0.177. The lowest BCUT2D eigenvalue weighted by molar-refractivity contribution is -0.384. The van der Waals surface area contributed by atoms with E-state index in [1.807, 2.05) is 30.3 Å². The summed E-state index contributed by atoms with van der Waals surface area (Å²) in [6, 6.07) is 18.6. The van der Waals surface area contributed by atoms with Crippen LogP contribution in [0.25, 0.3) is 0 Å². The van der Waals surface area contributed by atoms with Crippen LogP contribution >= 0.6 is 0 Å². The Morgan fingerprint density at radius 2 is 1.55 bits per heavy atom. The van der Waals surface area contributed by atoms with Gasteiger partial charge in [-0.15, -0.1) is 0 Å². The molecule has 3 aliphatic rings. The first-order chi connectivity index (χ1) is 18.3. The van der Waals surface area contributed by atoms with Crippen molar-refractivity contribution in [1.29, 1.82) is 0 Å². The maximum Gasteiger partial charge on any atom is 0.297 e. The quantitative estimate of drug-likeness (QED) is 0.239. The predicted octanol–water partition coefficient (Wildman–Crippen LogP) is 2.74. The number of fused-ring (bicyclic) bond motifs is 3. The van der Waals surface area contributed by atoms with Crippen LogP contribution in [0.3, 0.4) is 0 Å². The van der Waals surface area contributed by atoms with Gasteiger partial charge in [-0.1, -0.05) is 54.6 Å². The van der Waals surface area contributed by atoms with Crippen molar-refractivity contribution in [3.8, 4) is 5.75 Å². The minimum Gasteiger partial charge on any atom is -0.496 e. The molecule has 38 heavy (non-hydrogen) atoms. The lowest BCUT2D eigenvalue weighted by atomic mass is 9.76. The molecular formula is C28H21N3O7. The van der Waals surface area contributed by atoms with Crippen LogP contribution < -0.4 is 15.0 Å². The van der Waals surface area contributed by atoms with Gasteiger partial charge in [0.2, 0.25) is 11.8 Å². The van der Waals surface area contributed by atoms with Crippen molar-refractivity contribution in [2.45, 2.75) is 18.0 Å². The number of rotatable bonds is 5. The molecule has 190 valence electrons. The second-order valence-electron chi connectivity index (χ2n) is 9.58. The van der Waals surface area contributed by atoms with Crippen molar-refractivity contribution in [1.82, 2.24) is 5.32 Å². The van der Waals surface area contributed by atoms with Gasteiger partial charge < -0.3 is 4.74 Å². The summed E-state index contributed by atoms with van der Waals surface area (Å²) < 4.78 is 5.08. The fourth-order valence-corrected chi connectivity index (χ4v) is 6.09. The second-order valence-corrected chi connectivity index (χ2v) is 9.58. The molecule has 1 spiro atoms. The van der Waals surface area contributed by atoms with Crippen LogP contribution in [-0.2, 0) is 16.0 Å². The number of anilines is 1. The summed E-state index contributed by atoms with van der Waals surface area (Å²) in [7, 11) is 1.34. The number of amides is 2. The monoisotopic (exact) mass is 511 g/mol. The zero-order valence-corrected chi connectivity index (χ0v) is 20.1. The topological polar surface area (TPSA) is 136 Å². The van der Waals surface area contributed by atoms with E-state index in [4.69, 9.17) is 4.74 Å². The van der Waals surface area contributed by atoms with E-state index in [-0.39, 0.29) is 29.0 Å². The molecule has 0 saturated carbocycles. The van der Waals surface area contributed by atoms with Crippen molar-refractivity contribution in [3.63, 3.8) is 0 Å². The molecule has 2 aliphatic heterocycles. The Morgan fingerprint density at radius 1 is 0.921 bits per heavy atom. The molecule has 10 nitrogen and oxygen atoms in total. The van der Waals surface area contributed by atoms with Gasteiger partial charge in [-0.25, -0.2) is 4.90 Å². The number of hydrogen-bond donors (Lipinski definition) is 1. The van der Waals surface area contributed by atoms with Gasteiger partial charge in [0.15, 0.2) is 17.1 Å². The van der Waals surface area contributed by atoms with Crippen molar-refractivity contribution in [3.05, 3.63) is 99.6 Å². The molecule has 3 atom stereocenters. The highest BCUT2D eigenvalue weighted by Gasteiger charge is 2.73. The van der Waals surface area contributed by atoms with Gasteiger partial charge in [-0.2, -0.15) is 0 Å². The summed E-state index contributed by atoms with van der Waals surface area (Å²) in [5.41, 5.74) is -1.51. The molecule has 3 aromatic rings. The summed E-state index contributed by atoms with van der Waals surface area (Å²) >= 11 is 0. The van der Waals surface area contributed by atoms with Crippen LogP contribution in [0.2, 0.25) is 0 Å². The van der Waals surface area contributed by atoms with Crippen LogP contribution in [0.4, 0.5) is 11.4 Å². The van der Waals surface area contributed by atoms with E-state index >= 15 is 0 Å². The third kappa shape index (κ3) is 3.10. The Balaban J connectivity index is 1.51. The predicted molar refractivity (Wildman–Crippen MR) is 134 cm³/mol. The average Bonchev–Trinajstić information content (AvgIpc) is 3.48. The number of imide groups is 1. The molecule has 10 heteroatoms. The third-order valence-electron chi connectivity index (χ3n) is 7.72. The third-order valence-corrected chi connectivity index (χ3v) is 7.72. The van der Waals surface area contributed by atoms with Gasteiger partial charge in [0.25, 0.3) is 5.69 Å². The number of carbonyl (C=O) groups excluding carboxylic acids is 4. The summed E-state index contributed by atoms with van der Waals surface area (Å²) in [4.78, 5) is 67.6. The molecule has 0 aromatic heterocycles. The van der Waals surface area contributed by atoms with E-state index in [0.29, 0.717) is 0 Å². The van der Waals surface area contributed by atoms with Crippen molar-refractivity contribution in [2.75, 3.05) is 12.0 Å². The molecule has 1 N–H and O–H groups in total. The lowest BCUT2D eigenvalue weighted by Crippen LogP contribution is -2.59. The fourth-order valence-electron chi connectivity index (χ4n) is 6.09. The molecule has 2 saturated heterocycles. The number of Topliss-reactive ketones (excluding diaryl/α,β-unsaturated/α-hetero) is 2. The minimum atomic E-state index is -1.98. The number of nitrogens with zero attached hydrogens (tertiary/aromatic N) is 2. The van der Waals surface area contributed by atoms with E-state index in [1.54, 1.807) is 12.1 Å². The van der Waals surface area contributed by atoms with Gasteiger partial charge in [-0.3, -0.25) is 34.6 Å². The standard InChI is InChI=1S/C28H21N3O7/c1-38-16-11-12-20(21(14-16)31(36)37)30-26(34)22-19(13-15-7-3-2-4-8-15)29-28(23(22)27(30)35)24(32)17-9-5-6-10-18(17)25(28)33/h2-12,14,19,22-23,29H,13H2,1H3/t19-,22+,23-/m0/s1. The molecule has 1 aliphatic carbocycles. The van der Waals surface area contributed by atoms with Crippen LogP contribution in [0, 0.1) is 22.0 Å². The molecule has 0 radical (unpaired) electrons. The Hall–Kier alpha value is -4.70. The Morgan fingerprint density at radius 3 is 2.16 bits per heavy atom. The number of nitrogens with one attached hydrogen (secondary N) is 1. The van der Waals surface area contributed by atoms with E-state index in [0.717, 1.165) is 16.5 Å². The second kappa shape index (κ2) is 8.42. The van der Waals surface area contributed by atoms with Gasteiger partial charge in [0.1, 0.15) is 11.4 Å². The van der Waals surface area contributed by atoms with Crippen LogP contribution in [0.15, 0.2) is 72.8 Å². The van der Waals surface area contributed by atoms with Gasteiger partial charge >= 0.3 is 0 Å². The SMILES string of the molecule is COc1ccc(N2C(=O)[C@@H]3[C@H](Cc4ccccc4)NC4(C(=O)c5ccccc5C4=O)[C@@H]3C2=O)c([N+](=O)[O-])c1. The normalized spacial score (nSPS) is 23.2. The van der Waals surface area contributed by atoms with Crippen molar-refractivity contribution in [2.24, 2.45) is 11.8 Å². The lowest BCUT2D eigenvalue weighted by Gasteiger charge is -2.28. The van der Waals surface area contributed by atoms with Crippen molar-refractivity contribution < 1.29 is 28.8 Å². The molecule has 2 amide bonds. The average molecular weight is 511 g/mol. The first kappa shape index (κ1) is 23.7. The first-order valence-electron chi connectivity index (χ1n) is 12.0. The van der Waals surface area contributed by atoms with E-state index in [2.05, 4.69) is 5.32 Å². The summed E-state index contributed by atoms with van der Waals surface area (Å²) in [6.07, 6.45) is 0.262. The summed E-state index contributed by atoms with van der Waals surface area (Å²) in [5, 5.41) is 15.0. The number of ether oxygens (including phenoxy) is 1. The first-order valence-corrected chi connectivity index (χ1v) is 12.0. The smallest absolute Gasteiger partial charge is 0.297 e. The zero-order valence-electron chi connectivity index (χ0n) is 20.1. The van der Waals surface area contributed by atoms with E-state index in [1.165, 1.54) is 31.4 Å². The summed E-state index contributed by atoms with van der Waals surface area (Å²) in [6.45, 7) is 0. The summed E-state index contributed by atoms with van der Waals surface area (Å²) in [5.74, 6) is -4.95. The number of nitro groups is 1. The van der Waals surface area contributed by atoms with Gasteiger partial charge in [0.05, 0.1) is 29.9 Å². The maximum absolute atomic E-state index is 14.0. The van der Waals surface area contributed by atoms with Gasteiger partial charge in [0, 0.05) is 17.2 Å². The zero-order chi connectivity index (χ0) is 26.8. The van der Waals surface area contributed by atoms with Crippen LogP contribution in [-0.4, -0.2) is 47.0 Å². The fraction of sp³-hybridized carbons (Fsp3) is 0.214. The van der Waals surface area contributed by atoms with E-state index in [9.17, 15) is 29.3 Å². The number of methoxy groups -OCH3 is 1. The number of ketones is 2. The largest absolute Gasteiger partial charge is 0.496 e. The van der Waals surface area contributed by atoms with Crippen molar-refractivity contribution >= 4 is 34.8 Å². The molecule has 2 heterocycles. The van der Waals surface area contributed by atoms with Gasteiger partial charge in [-0.05, 0) is 24.1 Å². The molecular weight excluding hydrogens is 490 g/mol.